The van der Waals surface area contributed by atoms with Crippen molar-refractivity contribution in [1.29, 1.82) is 0 Å². The Labute approximate surface area is 102 Å². The summed E-state index contributed by atoms with van der Waals surface area (Å²) in [5.74, 6) is 0.904. The number of nitrogens with zero attached hydrogens (tertiary/aromatic N) is 2. The molecule has 4 heteroatoms. The summed E-state index contributed by atoms with van der Waals surface area (Å²) in [7, 11) is 0. The molecule has 0 aliphatic rings. The first-order valence-electron chi connectivity index (χ1n) is 5.80. The summed E-state index contributed by atoms with van der Waals surface area (Å²) < 4.78 is 5.65. The molecule has 0 aliphatic carbocycles. The second-order valence-corrected chi connectivity index (χ2v) is 4.45. The van der Waals surface area contributed by atoms with Gasteiger partial charge < -0.3 is 4.74 Å². The van der Waals surface area contributed by atoms with E-state index in [1.165, 1.54) is 19.2 Å². The molecule has 1 rings (SSSR count). The third kappa shape index (κ3) is 3.63. The molecule has 0 radical (unpaired) electrons. The minimum absolute atomic E-state index is 0.273. The van der Waals surface area contributed by atoms with Crippen molar-refractivity contribution < 1.29 is 4.74 Å². The first-order valence-corrected chi connectivity index (χ1v) is 6.17. The molecule has 0 unspecified atom stereocenters. The molecular weight excluding hydrogens is 224 g/mol. The van der Waals surface area contributed by atoms with Gasteiger partial charge in [-0.05, 0) is 12.3 Å². The normalized spacial score (nSPS) is 10.8. The summed E-state index contributed by atoms with van der Waals surface area (Å²) in [5.41, 5.74) is 0.903. The second kappa shape index (κ2) is 6.69. The van der Waals surface area contributed by atoms with Crippen molar-refractivity contribution in [1.82, 2.24) is 9.97 Å². The van der Waals surface area contributed by atoms with Gasteiger partial charge in [-0.2, -0.15) is 0 Å². The van der Waals surface area contributed by atoms with Crippen molar-refractivity contribution in [2.45, 2.75) is 46.0 Å². The van der Waals surface area contributed by atoms with E-state index in [1.807, 2.05) is 0 Å². The molecule has 0 aliphatic heterocycles. The van der Waals surface area contributed by atoms with Gasteiger partial charge in [0.2, 0.25) is 5.88 Å². The number of unbranched alkanes of at least 4 members (excludes halogenated alkanes) is 2. The summed E-state index contributed by atoms with van der Waals surface area (Å²) in [5, 5.41) is 0.496. The first-order chi connectivity index (χ1) is 7.66. The van der Waals surface area contributed by atoms with Crippen LogP contribution < -0.4 is 4.74 Å². The van der Waals surface area contributed by atoms with E-state index in [9.17, 15) is 0 Å². The predicted molar refractivity (Wildman–Crippen MR) is 66.2 cm³/mol. The third-order valence-electron chi connectivity index (χ3n) is 2.36. The Bertz CT molecular complexity index is 329. The Kier molecular flexibility index (Phi) is 5.53. The molecule has 0 saturated heterocycles. The van der Waals surface area contributed by atoms with Crippen LogP contribution in [-0.4, -0.2) is 16.6 Å². The molecular formula is C12H19ClN2O. The van der Waals surface area contributed by atoms with E-state index in [-0.39, 0.29) is 5.92 Å². The van der Waals surface area contributed by atoms with Crippen LogP contribution in [0.25, 0.3) is 0 Å². The van der Waals surface area contributed by atoms with E-state index < -0.39 is 0 Å². The molecule has 0 spiro atoms. The fourth-order valence-corrected chi connectivity index (χ4v) is 1.82. The van der Waals surface area contributed by atoms with Crippen molar-refractivity contribution >= 4 is 11.6 Å². The van der Waals surface area contributed by atoms with Crippen LogP contribution in [-0.2, 0) is 0 Å². The lowest BCUT2D eigenvalue weighted by molar-refractivity contribution is 0.290. The Balaban J connectivity index is 2.67. The number of aromatic nitrogens is 2. The Morgan fingerprint density at radius 3 is 2.69 bits per heavy atom. The highest BCUT2D eigenvalue weighted by Gasteiger charge is 2.14. The molecule has 0 amide bonds. The van der Waals surface area contributed by atoms with Crippen molar-refractivity contribution in [3.8, 4) is 5.88 Å². The average molecular weight is 243 g/mol. The van der Waals surface area contributed by atoms with Crippen molar-refractivity contribution in [2.24, 2.45) is 0 Å². The van der Waals surface area contributed by atoms with Gasteiger partial charge in [-0.3, -0.25) is 0 Å². The van der Waals surface area contributed by atoms with Gasteiger partial charge in [0.05, 0.1) is 12.2 Å². The lowest BCUT2D eigenvalue weighted by Gasteiger charge is -2.13. The van der Waals surface area contributed by atoms with Gasteiger partial charge in [0, 0.05) is 0 Å². The summed E-state index contributed by atoms with van der Waals surface area (Å²) in [6.07, 6.45) is 4.86. The van der Waals surface area contributed by atoms with Gasteiger partial charge in [0.15, 0.2) is 0 Å². The zero-order valence-electron chi connectivity index (χ0n) is 10.2. The minimum Gasteiger partial charge on any atom is -0.477 e. The number of rotatable bonds is 6. The Hall–Kier alpha value is -0.830. The van der Waals surface area contributed by atoms with E-state index in [1.54, 1.807) is 0 Å². The minimum atomic E-state index is 0.273. The molecule has 0 aromatic carbocycles. The zero-order valence-corrected chi connectivity index (χ0v) is 10.9. The lowest BCUT2D eigenvalue weighted by Crippen LogP contribution is -2.04. The molecule has 0 bridgehead atoms. The molecule has 1 aromatic heterocycles. The highest BCUT2D eigenvalue weighted by Crippen LogP contribution is 2.29. The van der Waals surface area contributed by atoms with E-state index in [0.29, 0.717) is 17.6 Å². The highest BCUT2D eigenvalue weighted by molar-refractivity contribution is 6.30. The standard InChI is InChI=1S/C12H19ClN2O/c1-4-5-6-7-16-12-10(9(2)3)11(13)14-8-15-12/h8-9H,4-7H2,1-3H3. The predicted octanol–water partition coefficient (Wildman–Crippen LogP) is 3.82. The Morgan fingerprint density at radius 2 is 2.06 bits per heavy atom. The van der Waals surface area contributed by atoms with Crippen LogP contribution in [0.5, 0.6) is 5.88 Å². The van der Waals surface area contributed by atoms with Crippen molar-refractivity contribution in [3.63, 3.8) is 0 Å². The maximum absolute atomic E-state index is 6.03. The molecule has 3 nitrogen and oxygen atoms in total. The van der Waals surface area contributed by atoms with Crippen LogP contribution in [0.1, 0.15) is 51.5 Å². The largest absolute Gasteiger partial charge is 0.477 e. The second-order valence-electron chi connectivity index (χ2n) is 4.09. The van der Waals surface area contributed by atoms with Crippen LogP contribution >= 0.6 is 11.6 Å². The van der Waals surface area contributed by atoms with Crippen LogP contribution in [0.15, 0.2) is 6.33 Å². The van der Waals surface area contributed by atoms with Crippen molar-refractivity contribution in [3.05, 3.63) is 17.0 Å². The van der Waals surface area contributed by atoms with Crippen LogP contribution in [0, 0.1) is 0 Å². The smallest absolute Gasteiger partial charge is 0.221 e. The first kappa shape index (κ1) is 13.2. The zero-order chi connectivity index (χ0) is 12.0. The Morgan fingerprint density at radius 1 is 1.31 bits per heavy atom. The summed E-state index contributed by atoms with van der Waals surface area (Å²) in [6, 6.07) is 0. The summed E-state index contributed by atoms with van der Waals surface area (Å²) in [4.78, 5) is 8.12. The average Bonchev–Trinajstić information content (AvgIpc) is 2.24. The molecule has 16 heavy (non-hydrogen) atoms. The van der Waals surface area contributed by atoms with E-state index in [0.717, 1.165) is 12.0 Å². The van der Waals surface area contributed by atoms with Crippen LogP contribution in [0.4, 0.5) is 0 Å². The molecule has 0 atom stereocenters. The SMILES string of the molecule is CCCCCOc1ncnc(Cl)c1C(C)C. The van der Waals surface area contributed by atoms with Crippen LogP contribution in [0.3, 0.4) is 0 Å². The number of ether oxygens (including phenoxy) is 1. The van der Waals surface area contributed by atoms with Gasteiger partial charge in [0.1, 0.15) is 11.5 Å². The molecule has 1 aromatic rings. The number of hydrogen-bond acceptors (Lipinski definition) is 3. The third-order valence-corrected chi connectivity index (χ3v) is 2.66. The van der Waals surface area contributed by atoms with Gasteiger partial charge in [-0.1, -0.05) is 45.2 Å². The summed E-state index contributed by atoms with van der Waals surface area (Å²) in [6.45, 7) is 6.98. The fourth-order valence-electron chi connectivity index (χ4n) is 1.48. The van der Waals surface area contributed by atoms with E-state index >= 15 is 0 Å². The highest BCUT2D eigenvalue weighted by atomic mass is 35.5. The van der Waals surface area contributed by atoms with Crippen molar-refractivity contribution in [2.75, 3.05) is 6.61 Å². The van der Waals surface area contributed by atoms with E-state index in [4.69, 9.17) is 16.3 Å². The van der Waals surface area contributed by atoms with Gasteiger partial charge in [-0.25, -0.2) is 9.97 Å². The maximum Gasteiger partial charge on any atom is 0.221 e. The molecule has 90 valence electrons. The number of halogens is 1. The molecule has 0 fully saturated rings. The van der Waals surface area contributed by atoms with Gasteiger partial charge >= 0.3 is 0 Å². The van der Waals surface area contributed by atoms with Gasteiger partial charge in [-0.15, -0.1) is 0 Å². The fraction of sp³-hybridized carbons (Fsp3) is 0.667. The topological polar surface area (TPSA) is 35.0 Å². The number of hydrogen-bond donors (Lipinski definition) is 0. The van der Waals surface area contributed by atoms with Gasteiger partial charge in [0.25, 0.3) is 0 Å². The quantitative estimate of drug-likeness (QED) is 0.562. The molecule has 0 saturated carbocycles. The lowest BCUT2D eigenvalue weighted by atomic mass is 10.1. The molecule has 0 N–H and O–H groups in total. The monoisotopic (exact) mass is 242 g/mol. The molecule has 1 heterocycles. The van der Waals surface area contributed by atoms with Crippen LogP contribution in [0.2, 0.25) is 5.15 Å². The van der Waals surface area contributed by atoms with E-state index in [2.05, 4.69) is 30.7 Å². The maximum atomic E-state index is 6.03. The summed E-state index contributed by atoms with van der Waals surface area (Å²) >= 11 is 6.03.